The third-order valence-corrected chi connectivity index (χ3v) is 4.20. The van der Waals surface area contributed by atoms with Crippen LogP contribution in [0, 0.1) is 0 Å². The summed E-state index contributed by atoms with van der Waals surface area (Å²) in [5.74, 6) is 0.532. The molecule has 0 aliphatic carbocycles. The summed E-state index contributed by atoms with van der Waals surface area (Å²) in [6.45, 7) is 4.36. The van der Waals surface area contributed by atoms with Gasteiger partial charge in [-0.2, -0.15) is 0 Å². The van der Waals surface area contributed by atoms with Gasteiger partial charge in [0.2, 0.25) is 0 Å². The van der Waals surface area contributed by atoms with E-state index in [1.54, 1.807) is 12.1 Å². The van der Waals surface area contributed by atoms with Crippen LogP contribution in [0.15, 0.2) is 30.3 Å². The summed E-state index contributed by atoms with van der Waals surface area (Å²) in [4.78, 5) is 11.9. The average Bonchev–Trinajstić information content (AvgIpc) is 2.58. The van der Waals surface area contributed by atoms with Gasteiger partial charge in [0.15, 0.2) is 0 Å². The van der Waals surface area contributed by atoms with Crippen molar-refractivity contribution in [2.24, 2.45) is 0 Å². The highest BCUT2D eigenvalue weighted by atomic mass is 16.7. The van der Waals surface area contributed by atoms with Crippen LogP contribution in [0.4, 0.5) is 4.79 Å². The Morgan fingerprint density at radius 3 is 2.08 bits per heavy atom. The van der Waals surface area contributed by atoms with E-state index in [1.807, 2.05) is 18.2 Å². The molecule has 1 aromatic carbocycles. The molecule has 136 valence electrons. The van der Waals surface area contributed by atoms with Crippen molar-refractivity contribution in [1.29, 1.82) is 0 Å². The van der Waals surface area contributed by atoms with E-state index in [9.17, 15) is 4.79 Å². The maximum Gasteiger partial charge on any atom is 0.514 e. The number of carbonyl (C=O) groups excluding carboxylic acids is 1. The van der Waals surface area contributed by atoms with Crippen molar-refractivity contribution in [2.45, 2.75) is 90.6 Å². The van der Waals surface area contributed by atoms with Gasteiger partial charge in [-0.3, -0.25) is 0 Å². The van der Waals surface area contributed by atoms with Crippen molar-refractivity contribution in [2.75, 3.05) is 0 Å². The molecular formula is C21H34O3. The number of hydrogen-bond donors (Lipinski definition) is 0. The molecule has 1 atom stereocenters. The molecule has 0 heterocycles. The number of benzene rings is 1. The zero-order chi connectivity index (χ0) is 17.5. The Bertz CT molecular complexity index is 416. The molecule has 0 fully saturated rings. The SMILES string of the molecule is CCCCCCCCCCC(CCC)OC(=O)Oc1ccccc1. The Hall–Kier alpha value is -1.51. The predicted molar refractivity (Wildman–Crippen MR) is 99.5 cm³/mol. The van der Waals surface area contributed by atoms with Gasteiger partial charge in [-0.05, 0) is 31.4 Å². The second kappa shape index (κ2) is 13.9. The molecule has 0 aromatic heterocycles. The normalized spacial score (nSPS) is 11.9. The van der Waals surface area contributed by atoms with Crippen molar-refractivity contribution >= 4 is 6.16 Å². The average molecular weight is 334 g/mol. The van der Waals surface area contributed by atoms with Gasteiger partial charge in [0.05, 0.1) is 0 Å². The van der Waals surface area contributed by atoms with Crippen molar-refractivity contribution in [3.05, 3.63) is 30.3 Å². The van der Waals surface area contributed by atoms with E-state index in [0.717, 1.165) is 25.7 Å². The molecule has 1 aromatic rings. The zero-order valence-corrected chi connectivity index (χ0v) is 15.5. The zero-order valence-electron chi connectivity index (χ0n) is 15.5. The lowest BCUT2D eigenvalue weighted by atomic mass is 10.0. The molecule has 0 radical (unpaired) electrons. The maximum atomic E-state index is 11.9. The van der Waals surface area contributed by atoms with E-state index in [4.69, 9.17) is 9.47 Å². The van der Waals surface area contributed by atoms with Crippen LogP contribution in [-0.4, -0.2) is 12.3 Å². The van der Waals surface area contributed by atoms with E-state index >= 15 is 0 Å². The lowest BCUT2D eigenvalue weighted by Crippen LogP contribution is -2.21. The smallest absolute Gasteiger partial charge is 0.431 e. The number of rotatable bonds is 13. The fourth-order valence-corrected chi connectivity index (χ4v) is 2.83. The molecule has 0 aliphatic rings. The first-order chi connectivity index (χ1) is 11.8. The van der Waals surface area contributed by atoms with Crippen molar-refractivity contribution in [3.63, 3.8) is 0 Å². The third kappa shape index (κ3) is 10.3. The Morgan fingerprint density at radius 2 is 1.46 bits per heavy atom. The van der Waals surface area contributed by atoms with Gasteiger partial charge in [-0.15, -0.1) is 0 Å². The van der Waals surface area contributed by atoms with Crippen LogP contribution in [0.3, 0.4) is 0 Å². The Morgan fingerprint density at radius 1 is 0.833 bits per heavy atom. The first kappa shape index (κ1) is 20.5. The molecule has 0 saturated heterocycles. The fourth-order valence-electron chi connectivity index (χ4n) is 2.83. The summed E-state index contributed by atoms with van der Waals surface area (Å²) in [5.41, 5.74) is 0. The van der Waals surface area contributed by atoms with Crippen LogP contribution in [-0.2, 0) is 4.74 Å². The van der Waals surface area contributed by atoms with Crippen molar-refractivity contribution < 1.29 is 14.3 Å². The lowest BCUT2D eigenvalue weighted by molar-refractivity contribution is 0.0492. The number of unbranched alkanes of at least 4 members (excludes halogenated alkanes) is 7. The summed E-state index contributed by atoms with van der Waals surface area (Å²) in [7, 11) is 0. The Labute approximate surface area is 147 Å². The molecule has 0 bridgehead atoms. The van der Waals surface area contributed by atoms with Gasteiger partial charge < -0.3 is 9.47 Å². The van der Waals surface area contributed by atoms with E-state index in [0.29, 0.717) is 5.75 Å². The largest absolute Gasteiger partial charge is 0.514 e. The number of hydrogen-bond acceptors (Lipinski definition) is 3. The summed E-state index contributed by atoms with van der Waals surface area (Å²) in [6, 6.07) is 9.09. The minimum absolute atomic E-state index is 0.0219. The molecule has 0 aliphatic heterocycles. The van der Waals surface area contributed by atoms with Gasteiger partial charge in [0, 0.05) is 0 Å². The standard InChI is InChI=1S/C21H34O3/c1-3-5-6-7-8-9-10-12-16-19(15-4-2)23-21(22)24-20-17-13-11-14-18-20/h11,13-14,17-19H,3-10,12,15-16H2,1-2H3. The molecular weight excluding hydrogens is 300 g/mol. The molecule has 0 amide bonds. The Kier molecular flexibility index (Phi) is 11.9. The van der Waals surface area contributed by atoms with E-state index in [2.05, 4.69) is 13.8 Å². The van der Waals surface area contributed by atoms with E-state index in [1.165, 1.54) is 44.9 Å². The highest BCUT2D eigenvalue weighted by Gasteiger charge is 2.15. The van der Waals surface area contributed by atoms with E-state index in [-0.39, 0.29) is 6.10 Å². The molecule has 3 heteroatoms. The third-order valence-electron chi connectivity index (χ3n) is 4.20. The van der Waals surface area contributed by atoms with Crippen LogP contribution < -0.4 is 4.74 Å². The second-order valence-electron chi connectivity index (χ2n) is 6.46. The van der Waals surface area contributed by atoms with Crippen molar-refractivity contribution in [1.82, 2.24) is 0 Å². The molecule has 1 rings (SSSR count). The van der Waals surface area contributed by atoms with Crippen LogP contribution >= 0.6 is 0 Å². The highest BCUT2D eigenvalue weighted by Crippen LogP contribution is 2.16. The number of carbonyl (C=O) groups is 1. The summed E-state index contributed by atoms with van der Waals surface area (Å²) in [5, 5.41) is 0. The van der Waals surface area contributed by atoms with Crippen LogP contribution in [0.5, 0.6) is 5.75 Å². The second-order valence-corrected chi connectivity index (χ2v) is 6.46. The molecule has 0 saturated carbocycles. The highest BCUT2D eigenvalue weighted by molar-refractivity contribution is 5.63. The summed E-state index contributed by atoms with van der Waals surface area (Å²) < 4.78 is 10.7. The summed E-state index contributed by atoms with van der Waals surface area (Å²) >= 11 is 0. The van der Waals surface area contributed by atoms with Gasteiger partial charge in [-0.25, -0.2) is 4.79 Å². The molecule has 0 spiro atoms. The van der Waals surface area contributed by atoms with Crippen LogP contribution in [0.2, 0.25) is 0 Å². The topological polar surface area (TPSA) is 35.5 Å². The Balaban J connectivity index is 2.17. The van der Waals surface area contributed by atoms with E-state index < -0.39 is 6.16 Å². The first-order valence-electron chi connectivity index (χ1n) is 9.69. The summed E-state index contributed by atoms with van der Waals surface area (Å²) in [6.07, 6.45) is 12.6. The molecule has 1 unspecified atom stereocenters. The van der Waals surface area contributed by atoms with Gasteiger partial charge in [0.25, 0.3) is 0 Å². The van der Waals surface area contributed by atoms with Crippen molar-refractivity contribution in [3.8, 4) is 5.75 Å². The lowest BCUT2D eigenvalue weighted by Gasteiger charge is -2.16. The molecule has 3 nitrogen and oxygen atoms in total. The number of para-hydroxylation sites is 1. The van der Waals surface area contributed by atoms with Gasteiger partial charge >= 0.3 is 6.16 Å². The molecule has 0 N–H and O–H groups in total. The van der Waals surface area contributed by atoms with Gasteiger partial charge in [0.1, 0.15) is 11.9 Å². The van der Waals surface area contributed by atoms with Gasteiger partial charge in [-0.1, -0.05) is 83.4 Å². The minimum Gasteiger partial charge on any atom is -0.431 e. The minimum atomic E-state index is -0.584. The predicted octanol–water partition coefficient (Wildman–Crippen LogP) is 6.90. The maximum absolute atomic E-state index is 11.9. The quantitative estimate of drug-likeness (QED) is 0.223. The first-order valence-corrected chi connectivity index (χ1v) is 9.69. The number of ether oxygens (including phenoxy) is 2. The molecule has 24 heavy (non-hydrogen) atoms. The van der Waals surface area contributed by atoms with Crippen LogP contribution in [0.25, 0.3) is 0 Å². The van der Waals surface area contributed by atoms with Crippen LogP contribution in [0.1, 0.15) is 84.5 Å². The fraction of sp³-hybridized carbons (Fsp3) is 0.667. The monoisotopic (exact) mass is 334 g/mol.